The van der Waals surface area contributed by atoms with Crippen LogP contribution in [0.25, 0.3) is 5.70 Å². The second-order valence-corrected chi connectivity index (χ2v) is 8.83. The molecule has 146 valence electrons. The second kappa shape index (κ2) is 6.46. The Balaban J connectivity index is 1.73. The van der Waals surface area contributed by atoms with E-state index in [-0.39, 0.29) is 11.7 Å². The summed E-state index contributed by atoms with van der Waals surface area (Å²) in [7, 11) is -0.772. The molecule has 0 N–H and O–H groups in total. The van der Waals surface area contributed by atoms with E-state index in [0.29, 0.717) is 17.1 Å². The van der Waals surface area contributed by atoms with Gasteiger partial charge in [-0.05, 0) is 45.7 Å². The summed E-state index contributed by atoms with van der Waals surface area (Å²) >= 11 is 0. The number of allylic oxidation sites excluding steroid dienone is 1. The van der Waals surface area contributed by atoms with Gasteiger partial charge >= 0.3 is 7.12 Å². The fourth-order valence-corrected chi connectivity index (χ4v) is 3.53. The minimum Gasteiger partial charge on any atom is -0.399 e. The SMILES string of the molecule is CC(C)C1C=NC(c2ccc(F)c(B3OC(C)(C)C(C)(C)O3)c2)=C2N=CN=C21. The highest BCUT2D eigenvalue weighted by Gasteiger charge is 2.52. The zero-order valence-electron chi connectivity index (χ0n) is 17.2. The van der Waals surface area contributed by atoms with E-state index in [1.807, 2.05) is 33.9 Å². The number of fused-ring (bicyclic) bond motifs is 1. The van der Waals surface area contributed by atoms with Crippen LogP contribution in [0.5, 0.6) is 0 Å². The fraction of sp³-hybridized carbons (Fsp3) is 0.476. The lowest BCUT2D eigenvalue weighted by Gasteiger charge is -2.32. The Morgan fingerprint density at radius 3 is 2.36 bits per heavy atom. The van der Waals surface area contributed by atoms with Crippen LogP contribution in [0.2, 0.25) is 0 Å². The maximum atomic E-state index is 14.7. The molecule has 1 aromatic carbocycles. The van der Waals surface area contributed by atoms with Gasteiger partial charge in [-0.1, -0.05) is 19.9 Å². The van der Waals surface area contributed by atoms with Crippen LogP contribution in [0.1, 0.15) is 47.1 Å². The first-order chi connectivity index (χ1) is 13.1. The maximum Gasteiger partial charge on any atom is 0.497 e. The van der Waals surface area contributed by atoms with Gasteiger partial charge in [0.25, 0.3) is 0 Å². The lowest BCUT2D eigenvalue weighted by atomic mass is 9.77. The van der Waals surface area contributed by atoms with Crippen LogP contribution in [-0.4, -0.2) is 36.6 Å². The molecule has 0 aliphatic carbocycles. The van der Waals surface area contributed by atoms with Gasteiger partial charge < -0.3 is 9.31 Å². The van der Waals surface area contributed by atoms with Gasteiger partial charge in [0, 0.05) is 23.2 Å². The van der Waals surface area contributed by atoms with E-state index in [9.17, 15) is 4.39 Å². The molecule has 4 rings (SSSR count). The Labute approximate surface area is 165 Å². The van der Waals surface area contributed by atoms with Crippen molar-refractivity contribution >= 4 is 36.5 Å². The van der Waals surface area contributed by atoms with Crippen molar-refractivity contribution in [3.05, 3.63) is 35.3 Å². The maximum absolute atomic E-state index is 14.7. The van der Waals surface area contributed by atoms with Gasteiger partial charge in [0.15, 0.2) is 0 Å². The average Bonchev–Trinajstić information content (AvgIpc) is 3.17. The molecule has 3 aliphatic heterocycles. The van der Waals surface area contributed by atoms with E-state index in [4.69, 9.17) is 9.31 Å². The van der Waals surface area contributed by atoms with E-state index < -0.39 is 18.3 Å². The number of aliphatic imine (C=N–C) groups is 3. The van der Waals surface area contributed by atoms with Crippen molar-refractivity contribution in [1.82, 2.24) is 0 Å². The van der Waals surface area contributed by atoms with Crippen LogP contribution in [0, 0.1) is 17.7 Å². The molecule has 0 bridgehead atoms. The van der Waals surface area contributed by atoms with Crippen LogP contribution in [0.15, 0.2) is 38.9 Å². The Kier molecular flexibility index (Phi) is 4.43. The first-order valence-corrected chi connectivity index (χ1v) is 9.65. The van der Waals surface area contributed by atoms with Crippen LogP contribution < -0.4 is 5.46 Å². The molecule has 5 nitrogen and oxygen atoms in total. The molecule has 1 atom stereocenters. The first-order valence-electron chi connectivity index (χ1n) is 9.65. The van der Waals surface area contributed by atoms with Crippen molar-refractivity contribution in [2.45, 2.75) is 52.7 Å². The molecule has 1 unspecified atom stereocenters. The highest BCUT2D eigenvalue weighted by molar-refractivity contribution is 6.62. The minimum atomic E-state index is -0.772. The average molecular weight is 381 g/mol. The third-order valence-electron chi connectivity index (χ3n) is 6.03. The predicted octanol–water partition coefficient (Wildman–Crippen LogP) is 3.63. The lowest BCUT2D eigenvalue weighted by Crippen LogP contribution is -2.41. The van der Waals surface area contributed by atoms with Gasteiger partial charge in [-0.25, -0.2) is 14.4 Å². The summed E-state index contributed by atoms with van der Waals surface area (Å²) in [6.45, 7) is 12.1. The first kappa shape index (κ1) is 19.2. The number of nitrogens with zero attached hydrogens (tertiary/aromatic N) is 3. The number of rotatable bonds is 3. The summed E-state index contributed by atoms with van der Waals surface area (Å²) in [5, 5.41) is 0. The van der Waals surface area contributed by atoms with Crippen LogP contribution in [-0.2, 0) is 9.31 Å². The van der Waals surface area contributed by atoms with Crippen molar-refractivity contribution < 1.29 is 13.7 Å². The molecule has 1 fully saturated rings. The monoisotopic (exact) mass is 381 g/mol. The molecule has 0 amide bonds. The summed E-state index contributed by atoms with van der Waals surface area (Å²) in [4.78, 5) is 13.5. The quantitative estimate of drug-likeness (QED) is 0.751. The molecule has 0 radical (unpaired) electrons. The molecule has 0 spiro atoms. The van der Waals surface area contributed by atoms with Crippen molar-refractivity contribution in [2.75, 3.05) is 0 Å². The summed E-state index contributed by atoms with van der Waals surface area (Å²) in [5.74, 6) is 0.134. The summed E-state index contributed by atoms with van der Waals surface area (Å²) < 4.78 is 26.7. The molecule has 3 heterocycles. The van der Waals surface area contributed by atoms with Gasteiger partial charge in [0.2, 0.25) is 0 Å². The van der Waals surface area contributed by atoms with Crippen molar-refractivity contribution in [3.63, 3.8) is 0 Å². The van der Waals surface area contributed by atoms with Gasteiger partial charge in [-0.3, -0.25) is 4.99 Å². The van der Waals surface area contributed by atoms with E-state index in [2.05, 4.69) is 28.8 Å². The van der Waals surface area contributed by atoms with E-state index >= 15 is 0 Å². The van der Waals surface area contributed by atoms with Crippen LogP contribution in [0.4, 0.5) is 4.39 Å². The van der Waals surface area contributed by atoms with E-state index in [0.717, 1.165) is 17.0 Å². The molecule has 0 saturated carbocycles. The Hall–Kier alpha value is -2.12. The second-order valence-electron chi connectivity index (χ2n) is 8.83. The van der Waals surface area contributed by atoms with Gasteiger partial charge in [-0.2, -0.15) is 0 Å². The zero-order chi connectivity index (χ0) is 20.3. The highest BCUT2D eigenvalue weighted by Crippen LogP contribution is 2.37. The van der Waals surface area contributed by atoms with Crippen molar-refractivity contribution in [3.8, 4) is 0 Å². The number of benzene rings is 1. The zero-order valence-corrected chi connectivity index (χ0v) is 17.2. The van der Waals surface area contributed by atoms with Crippen LogP contribution in [0.3, 0.4) is 0 Å². The molecular weight excluding hydrogens is 356 g/mol. The lowest BCUT2D eigenvalue weighted by molar-refractivity contribution is 0.00578. The molecule has 7 heteroatoms. The molecule has 0 aromatic heterocycles. The summed E-state index contributed by atoms with van der Waals surface area (Å²) in [5.41, 5.74) is 2.43. The van der Waals surface area contributed by atoms with Crippen LogP contribution >= 0.6 is 0 Å². The number of hydrogen-bond acceptors (Lipinski definition) is 5. The topological polar surface area (TPSA) is 55.5 Å². The number of halogens is 1. The Bertz CT molecular complexity index is 931. The largest absolute Gasteiger partial charge is 0.497 e. The van der Waals surface area contributed by atoms with Gasteiger partial charge in [-0.15, -0.1) is 0 Å². The van der Waals surface area contributed by atoms with Crippen molar-refractivity contribution in [2.24, 2.45) is 26.8 Å². The van der Waals surface area contributed by atoms with Crippen molar-refractivity contribution in [1.29, 1.82) is 0 Å². The molecule has 3 aliphatic rings. The molecule has 1 saturated heterocycles. The predicted molar refractivity (Wildman–Crippen MR) is 112 cm³/mol. The highest BCUT2D eigenvalue weighted by atomic mass is 19.1. The Morgan fingerprint density at radius 2 is 1.71 bits per heavy atom. The Morgan fingerprint density at radius 1 is 1.04 bits per heavy atom. The van der Waals surface area contributed by atoms with E-state index in [1.54, 1.807) is 18.5 Å². The minimum absolute atomic E-state index is 0.129. The number of hydrogen-bond donors (Lipinski definition) is 0. The molecule has 1 aromatic rings. The fourth-order valence-electron chi connectivity index (χ4n) is 3.53. The smallest absolute Gasteiger partial charge is 0.399 e. The molecular formula is C21H25BFN3O2. The van der Waals surface area contributed by atoms with Gasteiger partial charge in [0.05, 0.1) is 22.6 Å². The third kappa shape index (κ3) is 2.97. The van der Waals surface area contributed by atoms with E-state index in [1.165, 1.54) is 6.07 Å². The molecule has 28 heavy (non-hydrogen) atoms. The normalized spacial score (nSPS) is 24.9. The summed E-state index contributed by atoms with van der Waals surface area (Å²) in [6.07, 6.45) is 3.47. The third-order valence-corrected chi connectivity index (χ3v) is 6.03. The standard InChI is InChI=1S/C21H25BFN3O2/c1-12(2)14-10-24-17(19-18(14)25-11-26-19)13-7-8-16(23)15(9-13)22-27-20(3,4)21(5,6)28-22/h7-12,14H,1-6H3. The summed E-state index contributed by atoms with van der Waals surface area (Å²) in [6, 6.07) is 4.89. The van der Waals surface area contributed by atoms with Gasteiger partial charge in [0.1, 0.15) is 17.9 Å².